The van der Waals surface area contributed by atoms with Crippen molar-refractivity contribution in [1.29, 1.82) is 0 Å². The van der Waals surface area contributed by atoms with Gasteiger partial charge in [0.1, 0.15) is 12.3 Å². The van der Waals surface area contributed by atoms with E-state index in [0.717, 1.165) is 5.56 Å². The van der Waals surface area contributed by atoms with E-state index in [0.29, 0.717) is 18.6 Å². The fraction of sp³-hybridized carbons (Fsp3) is 0.389. The Morgan fingerprint density at radius 2 is 1.83 bits per heavy atom. The standard InChI is InChI=1S/C18H21NO4/c1-18(2)9-13(19-11-16(22)23)17(15(21)10-18)14(20)8-12-6-4-3-5-7-12/h3-7,20H,8-11H2,1-2H3,(H,22,23)/b17-14+,19-13?. The summed E-state index contributed by atoms with van der Waals surface area (Å²) in [5, 5.41) is 19.3. The van der Waals surface area contributed by atoms with Gasteiger partial charge < -0.3 is 10.2 Å². The van der Waals surface area contributed by atoms with Gasteiger partial charge in [0.05, 0.1) is 11.3 Å². The van der Waals surface area contributed by atoms with Gasteiger partial charge in [0, 0.05) is 12.8 Å². The van der Waals surface area contributed by atoms with Crippen LogP contribution in [0.25, 0.3) is 0 Å². The first kappa shape index (κ1) is 16.9. The van der Waals surface area contributed by atoms with Crippen LogP contribution in [0.2, 0.25) is 0 Å². The van der Waals surface area contributed by atoms with Gasteiger partial charge in [-0.3, -0.25) is 14.6 Å². The van der Waals surface area contributed by atoms with Gasteiger partial charge in [0.2, 0.25) is 0 Å². The summed E-state index contributed by atoms with van der Waals surface area (Å²) in [5.41, 5.74) is 1.18. The maximum absolute atomic E-state index is 12.5. The van der Waals surface area contributed by atoms with Crippen molar-refractivity contribution < 1.29 is 19.8 Å². The van der Waals surface area contributed by atoms with Crippen molar-refractivity contribution in [2.75, 3.05) is 6.54 Å². The van der Waals surface area contributed by atoms with Crippen LogP contribution in [0.15, 0.2) is 46.7 Å². The lowest BCUT2D eigenvalue weighted by atomic mass is 9.73. The Labute approximate surface area is 135 Å². The molecule has 0 bridgehead atoms. The lowest BCUT2D eigenvalue weighted by Gasteiger charge is -2.31. The van der Waals surface area contributed by atoms with E-state index < -0.39 is 12.5 Å². The van der Waals surface area contributed by atoms with Crippen LogP contribution >= 0.6 is 0 Å². The molecule has 1 fully saturated rings. The van der Waals surface area contributed by atoms with Crippen LogP contribution in [-0.4, -0.2) is 34.2 Å². The number of ketones is 1. The lowest BCUT2D eigenvalue weighted by molar-refractivity contribution is -0.135. The van der Waals surface area contributed by atoms with Crippen LogP contribution in [0, 0.1) is 5.41 Å². The number of carbonyl (C=O) groups is 2. The first-order valence-electron chi connectivity index (χ1n) is 7.53. The summed E-state index contributed by atoms with van der Waals surface area (Å²) in [6.07, 6.45) is 1.02. The highest BCUT2D eigenvalue weighted by molar-refractivity contribution is 6.24. The van der Waals surface area contributed by atoms with Crippen LogP contribution in [0.3, 0.4) is 0 Å². The van der Waals surface area contributed by atoms with E-state index in [9.17, 15) is 14.7 Å². The average molecular weight is 315 g/mol. The molecule has 0 aliphatic heterocycles. The van der Waals surface area contributed by atoms with Crippen molar-refractivity contribution in [3.05, 3.63) is 47.2 Å². The number of aliphatic hydroxyl groups excluding tert-OH is 1. The smallest absolute Gasteiger partial charge is 0.325 e. The van der Waals surface area contributed by atoms with E-state index in [1.807, 2.05) is 44.2 Å². The maximum atomic E-state index is 12.5. The number of carbonyl (C=O) groups excluding carboxylic acids is 1. The Balaban J connectivity index is 2.38. The fourth-order valence-electron chi connectivity index (χ4n) is 2.79. The Morgan fingerprint density at radius 3 is 2.43 bits per heavy atom. The molecule has 0 aromatic heterocycles. The molecule has 1 aliphatic carbocycles. The minimum Gasteiger partial charge on any atom is -0.511 e. The second kappa shape index (κ2) is 6.77. The summed E-state index contributed by atoms with van der Waals surface area (Å²) in [6, 6.07) is 9.32. The first-order valence-corrected chi connectivity index (χ1v) is 7.53. The van der Waals surface area contributed by atoms with Gasteiger partial charge in [0.25, 0.3) is 0 Å². The van der Waals surface area contributed by atoms with Gasteiger partial charge >= 0.3 is 5.97 Å². The number of nitrogens with zero attached hydrogens (tertiary/aromatic N) is 1. The SMILES string of the molecule is CC1(C)CC(=O)/C(=C(/O)Cc2ccccc2)C(=NCC(=O)O)C1. The minimum atomic E-state index is -1.06. The summed E-state index contributed by atoms with van der Waals surface area (Å²) < 4.78 is 0. The minimum absolute atomic E-state index is 0.0409. The molecule has 23 heavy (non-hydrogen) atoms. The number of hydrogen-bond acceptors (Lipinski definition) is 4. The highest BCUT2D eigenvalue weighted by Crippen LogP contribution is 2.35. The summed E-state index contributed by atoms with van der Waals surface area (Å²) in [5.74, 6) is -1.28. The molecule has 1 aromatic carbocycles. The highest BCUT2D eigenvalue weighted by atomic mass is 16.4. The summed E-state index contributed by atoms with van der Waals surface area (Å²) in [4.78, 5) is 27.3. The number of allylic oxidation sites excluding steroid dienone is 2. The van der Waals surface area contributed by atoms with Crippen molar-refractivity contribution >= 4 is 17.5 Å². The molecule has 122 valence electrons. The van der Waals surface area contributed by atoms with Gasteiger partial charge in [-0.2, -0.15) is 0 Å². The van der Waals surface area contributed by atoms with Crippen molar-refractivity contribution in [3.8, 4) is 0 Å². The van der Waals surface area contributed by atoms with E-state index in [-0.39, 0.29) is 29.0 Å². The molecule has 0 saturated heterocycles. The third-order valence-corrected chi connectivity index (χ3v) is 3.76. The molecular weight excluding hydrogens is 294 g/mol. The second-order valence-corrected chi connectivity index (χ2v) is 6.58. The molecule has 0 spiro atoms. The zero-order chi connectivity index (χ0) is 17.0. The predicted octanol–water partition coefficient (Wildman–Crippen LogP) is 2.96. The molecule has 0 amide bonds. The fourth-order valence-corrected chi connectivity index (χ4v) is 2.79. The number of aliphatic imine (C=N–C) groups is 1. The molecule has 0 unspecified atom stereocenters. The molecule has 2 N–H and O–H groups in total. The van der Waals surface area contributed by atoms with Gasteiger partial charge in [-0.05, 0) is 17.4 Å². The number of carboxylic acids is 1. The summed E-state index contributed by atoms with van der Waals surface area (Å²) in [6.45, 7) is 3.47. The summed E-state index contributed by atoms with van der Waals surface area (Å²) >= 11 is 0. The Hall–Kier alpha value is -2.43. The number of rotatable bonds is 4. The number of aliphatic carboxylic acids is 1. The van der Waals surface area contributed by atoms with E-state index >= 15 is 0 Å². The molecule has 1 aliphatic rings. The van der Waals surface area contributed by atoms with Gasteiger partial charge in [-0.1, -0.05) is 44.2 Å². The van der Waals surface area contributed by atoms with Crippen LogP contribution in [0.1, 0.15) is 32.3 Å². The second-order valence-electron chi connectivity index (χ2n) is 6.58. The zero-order valence-corrected chi connectivity index (χ0v) is 13.4. The van der Waals surface area contributed by atoms with Crippen LogP contribution in [-0.2, 0) is 16.0 Å². The molecule has 5 heteroatoms. The molecule has 1 saturated carbocycles. The van der Waals surface area contributed by atoms with Crippen molar-refractivity contribution in [3.63, 3.8) is 0 Å². The van der Waals surface area contributed by atoms with Gasteiger partial charge in [-0.25, -0.2) is 0 Å². The molecule has 0 radical (unpaired) electrons. The Bertz CT molecular complexity index is 672. The Morgan fingerprint density at radius 1 is 1.17 bits per heavy atom. The van der Waals surface area contributed by atoms with Crippen molar-refractivity contribution in [2.24, 2.45) is 10.4 Å². The normalized spacial score (nSPS) is 21.3. The Kier molecular flexibility index (Phi) is 4.98. The van der Waals surface area contributed by atoms with Crippen molar-refractivity contribution in [2.45, 2.75) is 33.1 Å². The molecule has 0 atom stereocenters. The van der Waals surface area contributed by atoms with Crippen LogP contribution in [0.4, 0.5) is 0 Å². The van der Waals surface area contributed by atoms with E-state index in [1.54, 1.807) is 0 Å². The number of aliphatic hydroxyl groups is 1. The molecular formula is C18H21NO4. The molecule has 5 nitrogen and oxygen atoms in total. The molecule has 2 rings (SSSR count). The van der Waals surface area contributed by atoms with Crippen molar-refractivity contribution in [1.82, 2.24) is 0 Å². The largest absolute Gasteiger partial charge is 0.511 e. The zero-order valence-electron chi connectivity index (χ0n) is 13.4. The highest BCUT2D eigenvalue weighted by Gasteiger charge is 2.36. The predicted molar refractivity (Wildman–Crippen MR) is 87.8 cm³/mol. The quantitative estimate of drug-likeness (QED) is 0.660. The number of Topliss-reactive ketones (excluding diaryl/α,β-unsaturated/α-hetero) is 1. The first-order chi connectivity index (χ1) is 10.8. The van der Waals surface area contributed by atoms with Crippen LogP contribution in [0.5, 0.6) is 0 Å². The van der Waals surface area contributed by atoms with E-state index in [2.05, 4.69) is 4.99 Å². The van der Waals surface area contributed by atoms with Crippen LogP contribution < -0.4 is 0 Å². The van der Waals surface area contributed by atoms with Gasteiger partial charge in [0.15, 0.2) is 5.78 Å². The monoisotopic (exact) mass is 315 g/mol. The third kappa shape index (κ3) is 4.52. The summed E-state index contributed by atoms with van der Waals surface area (Å²) in [7, 11) is 0. The average Bonchev–Trinajstić information content (AvgIpc) is 2.44. The molecule has 1 aromatic rings. The van der Waals surface area contributed by atoms with Gasteiger partial charge in [-0.15, -0.1) is 0 Å². The van der Waals surface area contributed by atoms with E-state index in [4.69, 9.17) is 5.11 Å². The topological polar surface area (TPSA) is 87.0 Å². The lowest BCUT2D eigenvalue weighted by Crippen LogP contribution is -2.33. The number of carboxylic acid groups (broad SMARTS) is 1. The van der Waals surface area contributed by atoms with E-state index in [1.165, 1.54) is 0 Å². The maximum Gasteiger partial charge on any atom is 0.325 e. The number of benzene rings is 1. The molecule has 0 heterocycles. The number of hydrogen-bond donors (Lipinski definition) is 2. The third-order valence-electron chi connectivity index (χ3n) is 3.76.